The lowest BCUT2D eigenvalue weighted by Gasteiger charge is -2.31. The third-order valence-electron chi connectivity index (χ3n) is 4.30. The Morgan fingerprint density at radius 3 is 2.72 bits per heavy atom. The Kier molecular flexibility index (Phi) is 5.24. The average Bonchev–Trinajstić information content (AvgIpc) is 2.38. The van der Waals surface area contributed by atoms with Gasteiger partial charge in [-0.05, 0) is 64.0 Å². The summed E-state index contributed by atoms with van der Waals surface area (Å²) in [6, 6.07) is 0. The molecule has 3 nitrogen and oxygen atoms in total. The van der Waals surface area contributed by atoms with Crippen molar-refractivity contribution in [1.82, 2.24) is 4.90 Å². The minimum Gasteiger partial charge on any atom is -0.481 e. The molecule has 0 amide bonds. The van der Waals surface area contributed by atoms with Crippen LogP contribution in [0.3, 0.4) is 0 Å². The Morgan fingerprint density at radius 1 is 1.33 bits per heavy atom. The molecule has 0 bridgehead atoms. The smallest absolute Gasteiger partial charge is 0.303 e. The first-order valence-electron chi connectivity index (χ1n) is 7.36. The van der Waals surface area contributed by atoms with Gasteiger partial charge in [-0.15, -0.1) is 0 Å². The van der Waals surface area contributed by atoms with Gasteiger partial charge in [0.25, 0.3) is 0 Å². The van der Waals surface area contributed by atoms with E-state index in [0.717, 1.165) is 25.9 Å². The van der Waals surface area contributed by atoms with Crippen LogP contribution >= 0.6 is 0 Å². The monoisotopic (exact) mass is 251 g/mol. The maximum atomic E-state index is 10.7. The fourth-order valence-corrected chi connectivity index (χ4v) is 3.09. The zero-order valence-corrected chi connectivity index (χ0v) is 11.2. The zero-order chi connectivity index (χ0) is 12.8. The van der Waals surface area contributed by atoms with Crippen molar-refractivity contribution < 1.29 is 9.90 Å². The number of hydrogen-bond acceptors (Lipinski definition) is 2. The Bertz CT molecular complexity index is 304. The molecular weight excluding hydrogens is 226 g/mol. The van der Waals surface area contributed by atoms with E-state index in [1.54, 1.807) is 5.57 Å². The van der Waals surface area contributed by atoms with E-state index in [1.807, 2.05) is 0 Å². The van der Waals surface area contributed by atoms with E-state index in [1.165, 1.54) is 38.6 Å². The SMILES string of the molecule is O=C(O)CC1CCN(CCC2=CCCCC2)CC1. The van der Waals surface area contributed by atoms with Gasteiger partial charge in [-0.1, -0.05) is 11.6 Å². The van der Waals surface area contributed by atoms with Crippen LogP contribution in [0.15, 0.2) is 11.6 Å². The summed E-state index contributed by atoms with van der Waals surface area (Å²) in [5.41, 5.74) is 1.65. The molecule has 3 heteroatoms. The number of piperidine rings is 1. The zero-order valence-electron chi connectivity index (χ0n) is 11.2. The van der Waals surface area contributed by atoms with E-state index in [0.29, 0.717) is 12.3 Å². The molecule has 0 unspecified atom stereocenters. The number of carbonyl (C=O) groups is 1. The molecule has 0 spiro atoms. The van der Waals surface area contributed by atoms with Gasteiger partial charge in [-0.25, -0.2) is 0 Å². The van der Waals surface area contributed by atoms with Crippen molar-refractivity contribution in [2.24, 2.45) is 5.92 Å². The first kappa shape index (κ1) is 13.6. The maximum absolute atomic E-state index is 10.7. The lowest BCUT2D eigenvalue weighted by molar-refractivity contribution is -0.138. The lowest BCUT2D eigenvalue weighted by atomic mass is 9.93. The van der Waals surface area contributed by atoms with Gasteiger partial charge in [0.2, 0.25) is 0 Å². The van der Waals surface area contributed by atoms with Crippen molar-refractivity contribution >= 4 is 5.97 Å². The number of carboxylic acids is 1. The first-order chi connectivity index (χ1) is 8.74. The van der Waals surface area contributed by atoms with Gasteiger partial charge in [0.1, 0.15) is 0 Å². The lowest BCUT2D eigenvalue weighted by Crippen LogP contribution is -2.35. The second-order valence-corrected chi connectivity index (χ2v) is 5.74. The van der Waals surface area contributed by atoms with Crippen molar-refractivity contribution in [3.8, 4) is 0 Å². The van der Waals surface area contributed by atoms with Crippen LogP contribution in [0.25, 0.3) is 0 Å². The molecule has 0 radical (unpaired) electrons. The molecule has 0 atom stereocenters. The maximum Gasteiger partial charge on any atom is 0.303 e. The van der Waals surface area contributed by atoms with Crippen molar-refractivity contribution in [2.45, 2.75) is 51.4 Å². The van der Waals surface area contributed by atoms with E-state index in [9.17, 15) is 4.79 Å². The quantitative estimate of drug-likeness (QED) is 0.763. The molecule has 1 aliphatic carbocycles. The highest BCUT2D eigenvalue weighted by Crippen LogP contribution is 2.23. The number of aliphatic carboxylic acids is 1. The highest BCUT2D eigenvalue weighted by molar-refractivity contribution is 5.67. The van der Waals surface area contributed by atoms with E-state index in [4.69, 9.17) is 5.11 Å². The molecular formula is C15H25NO2. The molecule has 1 N–H and O–H groups in total. The predicted octanol–water partition coefficient (Wildman–Crippen LogP) is 3.06. The standard InChI is InChI=1S/C15H25NO2/c17-15(18)12-14-7-10-16(11-8-14)9-6-13-4-2-1-3-5-13/h4,14H,1-3,5-12H2,(H,17,18). The van der Waals surface area contributed by atoms with Crippen LogP contribution in [0.5, 0.6) is 0 Å². The van der Waals surface area contributed by atoms with Crippen LogP contribution in [-0.4, -0.2) is 35.6 Å². The first-order valence-corrected chi connectivity index (χ1v) is 7.36. The molecule has 0 aromatic rings. The van der Waals surface area contributed by atoms with Gasteiger partial charge in [-0.3, -0.25) is 4.79 Å². The van der Waals surface area contributed by atoms with Crippen LogP contribution in [0, 0.1) is 5.92 Å². The number of hydrogen-bond donors (Lipinski definition) is 1. The molecule has 102 valence electrons. The summed E-state index contributed by atoms with van der Waals surface area (Å²) in [5.74, 6) is -0.228. The van der Waals surface area contributed by atoms with E-state index < -0.39 is 5.97 Å². The number of likely N-dealkylation sites (tertiary alicyclic amines) is 1. The Balaban J connectivity index is 1.64. The van der Waals surface area contributed by atoms with E-state index in [-0.39, 0.29) is 0 Å². The molecule has 1 aliphatic heterocycles. The van der Waals surface area contributed by atoms with Crippen LogP contribution in [-0.2, 0) is 4.79 Å². The van der Waals surface area contributed by atoms with Gasteiger partial charge in [0, 0.05) is 13.0 Å². The number of nitrogens with zero attached hydrogens (tertiary/aromatic N) is 1. The summed E-state index contributed by atoms with van der Waals surface area (Å²) >= 11 is 0. The third kappa shape index (κ3) is 4.45. The minimum atomic E-state index is -0.638. The normalized spacial score (nSPS) is 22.8. The number of allylic oxidation sites excluding steroid dienone is 1. The van der Waals surface area contributed by atoms with Crippen LogP contribution in [0.4, 0.5) is 0 Å². The largest absolute Gasteiger partial charge is 0.481 e. The average molecular weight is 251 g/mol. The van der Waals surface area contributed by atoms with Crippen LogP contribution in [0.2, 0.25) is 0 Å². The summed E-state index contributed by atoms with van der Waals surface area (Å²) in [7, 11) is 0. The fourth-order valence-electron chi connectivity index (χ4n) is 3.09. The van der Waals surface area contributed by atoms with Gasteiger partial charge in [-0.2, -0.15) is 0 Å². The Morgan fingerprint density at radius 2 is 2.11 bits per heavy atom. The summed E-state index contributed by atoms with van der Waals surface area (Å²) in [4.78, 5) is 13.2. The van der Waals surface area contributed by atoms with Gasteiger partial charge in [0.05, 0.1) is 0 Å². The van der Waals surface area contributed by atoms with Gasteiger partial charge >= 0.3 is 5.97 Å². The van der Waals surface area contributed by atoms with E-state index >= 15 is 0 Å². The fraction of sp³-hybridized carbons (Fsp3) is 0.800. The molecule has 1 saturated heterocycles. The Labute approximate surface area is 110 Å². The second-order valence-electron chi connectivity index (χ2n) is 5.74. The highest BCUT2D eigenvalue weighted by Gasteiger charge is 2.21. The van der Waals surface area contributed by atoms with E-state index in [2.05, 4.69) is 11.0 Å². The molecule has 2 aliphatic rings. The highest BCUT2D eigenvalue weighted by atomic mass is 16.4. The molecule has 0 aromatic heterocycles. The van der Waals surface area contributed by atoms with Crippen LogP contribution < -0.4 is 0 Å². The minimum absolute atomic E-state index is 0.360. The van der Waals surface area contributed by atoms with Gasteiger partial charge < -0.3 is 10.0 Å². The second kappa shape index (κ2) is 6.93. The number of rotatable bonds is 5. The van der Waals surface area contributed by atoms with Crippen molar-refractivity contribution in [2.75, 3.05) is 19.6 Å². The molecule has 0 aromatic carbocycles. The van der Waals surface area contributed by atoms with Crippen LogP contribution in [0.1, 0.15) is 51.4 Å². The summed E-state index contributed by atoms with van der Waals surface area (Å²) in [5, 5.41) is 8.78. The third-order valence-corrected chi connectivity index (χ3v) is 4.30. The number of carboxylic acid groups (broad SMARTS) is 1. The topological polar surface area (TPSA) is 40.5 Å². The van der Waals surface area contributed by atoms with Crippen molar-refractivity contribution in [3.63, 3.8) is 0 Å². The van der Waals surface area contributed by atoms with Crippen molar-refractivity contribution in [1.29, 1.82) is 0 Å². The summed E-state index contributed by atoms with van der Waals surface area (Å²) in [6.07, 6.45) is 11.4. The summed E-state index contributed by atoms with van der Waals surface area (Å²) in [6.45, 7) is 3.35. The molecule has 1 heterocycles. The Hall–Kier alpha value is -0.830. The molecule has 1 fully saturated rings. The molecule has 2 rings (SSSR count). The molecule has 18 heavy (non-hydrogen) atoms. The predicted molar refractivity (Wildman–Crippen MR) is 72.6 cm³/mol. The van der Waals surface area contributed by atoms with Gasteiger partial charge in [0.15, 0.2) is 0 Å². The van der Waals surface area contributed by atoms with Crippen molar-refractivity contribution in [3.05, 3.63) is 11.6 Å². The molecule has 0 saturated carbocycles. The summed E-state index contributed by atoms with van der Waals surface area (Å²) < 4.78 is 0.